The van der Waals surface area contributed by atoms with Gasteiger partial charge in [-0.2, -0.15) is 0 Å². The predicted molar refractivity (Wildman–Crippen MR) is 68.2 cm³/mol. The number of hydrogen-bond donors (Lipinski definition) is 0. The zero-order valence-electron chi connectivity index (χ0n) is 8.86. The van der Waals surface area contributed by atoms with E-state index in [1.807, 2.05) is 6.07 Å². The fourth-order valence-corrected chi connectivity index (χ4v) is 2.94. The van der Waals surface area contributed by atoms with Crippen molar-refractivity contribution >= 4 is 23.6 Å². The molecular weight excluding hydrogens is 222 g/mol. The van der Waals surface area contributed by atoms with Crippen LogP contribution in [0.1, 0.15) is 16.1 Å². The second-order valence-electron chi connectivity index (χ2n) is 3.58. The Hall–Kier alpha value is -0.930. The molecule has 1 aromatic heterocycles. The lowest BCUT2D eigenvalue weighted by Crippen LogP contribution is -2.01. The zero-order chi connectivity index (χ0) is 10.8. The first-order valence-corrected chi connectivity index (χ1v) is 6.11. The molecule has 0 atom stereocenters. The molecule has 1 nitrogen and oxygen atoms in total. The maximum Gasteiger partial charge on any atom is 0.161 e. The molecule has 78 valence electrons. The van der Waals surface area contributed by atoms with Crippen LogP contribution in [0.4, 0.5) is 0 Å². The van der Waals surface area contributed by atoms with Crippen LogP contribution in [-0.4, -0.2) is 4.57 Å². The summed E-state index contributed by atoms with van der Waals surface area (Å²) in [4.78, 5) is 1.32. The van der Waals surface area contributed by atoms with Gasteiger partial charge < -0.3 is 4.57 Å². The van der Waals surface area contributed by atoms with Crippen LogP contribution in [0.2, 0.25) is 0 Å². The molecule has 15 heavy (non-hydrogen) atoms. The zero-order valence-corrected chi connectivity index (χ0v) is 10.5. The van der Waals surface area contributed by atoms with Crippen molar-refractivity contribution in [2.24, 2.45) is 0 Å². The number of nitrogens with zero attached hydrogens (tertiary/aromatic N) is 1. The molecule has 0 N–H and O–H groups in total. The summed E-state index contributed by atoms with van der Waals surface area (Å²) < 4.78 is 3.17. The number of hydrogen-bond acceptors (Lipinski definition) is 2. The Labute approximate surface area is 99.0 Å². The molecule has 1 heterocycles. The van der Waals surface area contributed by atoms with Crippen molar-refractivity contribution in [1.29, 1.82) is 0 Å². The molecule has 0 spiro atoms. The van der Waals surface area contributed by atoms with Crippen LogP contribution in [0, 0.1) is 17.8 Å². The first kappa shape index (κ1) is 10.6. The van der Waals surface area contributed by atoms with Crippen molar-refractivity contribution < 1.29 is 0 Å². The van der Waals surface area contributed by atoms with Gasteiger partial charge in [-0.3, -0.25) is 0 Å². The molecular formula is C12H13NS2. The van der Waals surface area contributed by atoms with Gasteiger partial charge in [0, 0.05) is 17.1 Å². The van der Waals surface area contributed by atoms with Crippen LogP contribution in [0.5, 0.6) is 0 Å². The molecule has 0 aliphatic rings. The minimum Gasteiger partial charge on any atom is -0.323 e. The van der Waals surface area contributed by atoms with Gasteiger partial charge in [0.1, 0.15) is 0 Å². The monoisotopic (exact) mass is 235 g/mol. The molecule has 0 amide bonds. The summed E-state index contributed by atoms with van der Waals surface area (Å²) in [6.45, 7) is 5.14. The maximum absolute atomic E-state index is 5.34. The number of benzene rings is 1. The molecule has 0 radical (unpaired) electrons. The molecule has 0 fully saturated rings. The van der Waals surface area contributed by atoms with Gasteiger partial charge in [0.25, 0.3) is 0 Å². The fraction of sp³-hybridized carbons (Fsp3) is 0.250. The smallest absolute Gasteiger partial charge is 0.161 e. The van der Waals surface area contributed by atoms with Gasteiger partial charge in [-0.05, 0) is 31.6 Å². The highest BCUT2D eigenvalue weighted by atomic mass is 32.1. The predicted octanol–water partition coefficient (Wildman–Crippen LogP) is 3.94. The van der Waals surface area contributed by atoms with Gasteiger partial charge in [0.05, 0.1) is 0 Å². The van der Waals surface area contributed by atoms with Gasteiger partial charge in [0.2, 0.25) is 0 Å². The van der Waals surface area contributed by atoms with Crippen LogP contribution in [0.15, 0.2) is 30.3 Å². The van der Waals surface area contributed by atoms with Crippen LogP contribution < -0.4 is 0 Å². The quantitative estimate of drug-likeness (QED) is 0.714. The number of rotatable bonds is 2. The molecule has 0 bridgehead atoms. The lowest BCUT2D eigenvalue weighted by Gasteiger charge is -2.05. The lowest BCUT2D eigenvalue weighted by atomic mass is 10.2. The largest absolute Gasteiger partial charge is 0.323 e. The molecule has 1 aromatic carbocycles. The van der Waals surface area contributed by atoms with Crippen molar-refractivity contribution in [3.05, 3.63) is 50.4 Å². The Balaban J connectivity index is 2.37. The Morgan fingerprint density at radius 3 is 2.40 bits per heavy atom. The highest BCUT2D eigenvalue weighted by molar-refractivity contribution is 7.73. The van der Waals surface area contributed by atoms with Crippen molar-refractivity contribution in [2.45, 2.75) is 20.4 Å². The summed E-state index contributed by atoms with van der Waals surface area (Å²) >= 11 is 7.03. The molecule has 0 unspecified atom stereocenters. The number of aromatic nitrogens is 1. The summed E-state index contributed by atoms with van der Waals surface area (Å²) in [5.41, 5.74) is 2.59. The summed E-state index contributed by atoms with van der Waals surface area (Å²) in [6, 6.07) is 10.4. The highest BCUT2D eigenvalue weighted by Crippen LogP contribution is 2.18. The average molecular weight is 235 g/mol. The van der Waals surface area contributed by atoms with Crippen molar-refractivity contribution in [3.63, 3.8) is 0 Å². The molecule has 0 saturated heterocycles. The van der Waals surface area contributed by atoms with E-state index in [1.165, 1.54) is 16.1 Å². The van der Waals surface area contributed by atoms with E-state index in [9.17, 15) is 0 Å². The SMILES string of the molecule is Cc1sc(=S)n(Cc2ccccc2)c1C. The summed E-state index contributed by atoms with van der Waals surface area (Å²) in [6.07, 6.45) is 0. The normalized spacial score (nSPS) is 10.5. The Bertz CT molecular complexity index is 508. The number of thiazole rings is 1. The maximum atomic E-state index is 5.34. The van der Waals surface area contributed by atoms with Gasteiger partial charge >= 0.3 is 0 Å². The second-order valence-corrected chi connectivity index (χ2v) is 5.43. The van der Waals surface area contributed by atoms with Crippen molar-refractivity contribution in [3.8, 4) is 0 Å². The standard InChI is InChI=1S/C12H13NS2/c1-9-10(2)15-12(14)13(9)8-11-6-4-3-5-7-11/h3-7H,8H2,1-2H3. The van der Waals surface area contributed by atoms with E-state index in [-0.39, 0.29) is 0 Å². The second kappa shape index (κ2) is 4.29. The van der Waals surface area contributed by atoms with Gasteiger partial charge in [-0.25, -0.2) is 0 Å². The highest BCUT2D eigenvalue weighted by Gasteiger charge is 2.04. The topological polar surface area (TPSA) is 4.93 Å². The van der Waals surface area contributed by atoms with Crippen LogP contribution in [0.25, 0.3) is 0 Å². The van der Waals surface area contributed by atoms with E-state index >= 15 is 0 Å². The lowest BCUT2D eigenvalue weighted by molar-refractivity contribution is 0.766. The van der Waals surface area contributed by atoms with Crippen LogP contribution in [-0.2, 0) is 6.54 Å². The molecule has 0 aliphatic heterocycles. The molecule has 0 aliphatic carbocycles. The van der Waals surface area contributed by atoms with Gasteiger partial charge in [0.15, 0.2) is 3.95 Å². The number of aryl methyl sites for hydroxylation is 1. The van der Waals surface area contributed by atoms with Gasteiger partial charge in [-0.1, -0.05) is 30.3 Å². The van der Waals surface area contributed by atoms with E-state index in [2.05, 4.69) is 42.7 Å². The molecule has 2 rings (SSSR count). The van der Waals surface area contributed by atoms with E-state index in [4.69, 9.17) is 12.2 Å². The third-order valence-corrected chi connectivity index (χ3v) is 4.03. The summed E-state index contributed by atoms with van der Waals surface area (Å²) in [5.74, 6) is 0. The molecule has 2 aromatic rings. The summed E-state index contributed by atoms with van der Waals surface area (Å²) in [7, 11) is 0. The Morgan fingerprint density at radius 1 is 1.20 bits per heavy atom. The average Bonchev–Trinajstić information content (AvgIpc) is 2.47. The van der Waals surface area contributed by atoms with Crippen LogP contribution in [0.3, 0.4) is 0 Å². The molecule has 3 heteroatoms. The Kier molecular flexibility index (Phi) is 3.03. The fourth-order valence-electron chi connectivity index (χ4n) is 1.54. The first-order chi connectivity index (χ1) is 7.18. The van der Waals surface area contributed by atoms with Crippen molar-refractivity contribution in [2.75, 3.05) is 0 Å². The van der Waals surface area contributed by atoms with E-state index in [1.54, 1.807) is 11.3 Å². The van der Waals surface area contributed by atoms with Gasteiger partial charge in [-0.15, -0.1) is 11.3 Å². The molecule has 0 saturated carbocycles. The third kappa shape index (κ3) is 2.19. The van der Waals surface area contributed by atoms with E-state index in [0.717, 1.165) is 10.5 Å². The van der Waals surface area contributed by atoms with E-state index < -0.39 is 0 Å². The Morgan fingerprint density at radius 2 is 1.87 bits per heavy atom. The minimum atomic E-state index is 0.885. The van der Waals surface area contributed by atoms with E-state index in [0.29, 0.717) is 0 Å². The van der Waals surface area contributed by atoms with Crippen LogP contribution >= 0.6 is 23.6 Å². The third-order valence-electron chi connectivity index (χ3n) is 2.56. The summed E-state index contributed by atoms with van der Waals surface area (Å²) in [5, 5.41) is 0. The minimum absolute atomic E-state index is 0.885. The van der Waals surface area contributed by atoms with Crippen molar-refractivity contribution in [1.82, 2.24) is 4.57 Å². The first-order valence-electron chi connectivity index (χ1n) is 4.89.